The van der Waals surface area contributed by atoms with Crippen LogP contribution < -0.4 is 11.3 Å². The van der Waals surface area contributed by atoms with Crippen molar-refractivity contribution < 1.29 is 4.39 Å². The van der Waals surface area contributed by atoms with Gasteiger partial charge in [-0.3, -0.25) is 16.3 Å². The number of pyridine rings is 1. The van der Waals surface area contributed by atoms with Crippen LogP contribution >= 0.6 is 0 Å². The number of rotatable bonds is 3. The lowest BCUT2D eigenvalue weighted by atomic mass is 10.1. The molecule has 3 nitrogen and oxygen atoms in total. The molecule has 0 spiro atoms. The number of halogens is 1. The number of terminal acetylenes is 1. The Balaban J connectivity index is 2.80. The largest absolute Gasteiger partial charge is 0.271 e. The van der Waals surface area contributed by atoms with E-state index in [4.69, 9.17) is 12.3 Å². The van der Waals surface area contributed by atoms with Crippen molar-refractivity contribution in [3.63, 3.8) is 0 Å². The summed E-state index contributed by atoms with van der Waals surface area (Å²) in [6, 6.07) is 2.66. The van der Waals surface area contributed by atoms with Crippen molar-refractivity contribution in [1.29, 1.82) is 0 Å². The van der Waals surface area contributed by atoms with Crippen LogP contribution in [0.25, 0.3) is 0 Å². The average Bonchev–Trinajstić information content (AvgIpc) is 2.16. The first-order valence-corrected chi connectivity index (χ1v) is 3.79. The molecule has 1 rings (SSSR count). The predicted octanol–water partition coefficient (Wildman–Crippen LogP) is 0.748. The molecule has 0 radical (unpaired) electrons. The highest BCUT2D eigenvalue weighted by molar-refractivity contribution is 5.11. The molecule has 0 aliphatic heterocycles. The van der Waals surface area contributed by atoms with Crippen molar-refractivity contribution in [2.45, 2.75) is 12.5 Å². The van der Waals surface area contributed by atoms with Crippen LogP contribution in [0.4, 0.5) is 4.39 Å². The Hall–Kier alpha value is -1.44. The number of hydrogen-bond acceptors (Lipinski definition) is 3. The lowest BCUT2D eigenvalue weighted by molar-refractivity contribution is 0.547. The van der Waals surface area contributed by atoms with E-state index in [1.165, 1.54) is 6.07 Å². The van der Waals surface area contributed by atoms with Crippen molar-refractivity contribution in [3.05, 3.63) is 29.8 Å². The third-order valence-electron chi connectivity index (χ3n) is 1.63. The average molecular weight is 179 g/mol. The lowest BCUT2D eigenvalue weighted by Gasteiger charge is -2.11. The van der Waals surface area contributed by atoms with Crippen LogP contribution in [0.5, 0.6) is 0 Å². The number of aromatic nitrogens is 1. The topological polar surface area (TPSA) is 50.9 Å². The van der Waals surface area contributed by atoms with Crippen LogP contribution in [0.2, 0.25) is 0 Å². The molecule has 1 aromatic heterocycles. The fraction of sp³-hybridized carbons (Fsp3) is 0.222. The molecular formula is C9H10FN3. The summed E-state index contributed by atoms with van der Waals surface area (Å²) >= 11 is 0. The van der Waals surface area contributed by atoms with Gasteiger partial charge in [-0.1, -0.05) is 0 Å². The zero-order chi connectivity index (χ0) is 9.68. The van der Waals surface area contributed by atoms with Gasteiger partial charge in [0.1, 0.15) is 5.82 Å². The first-order valence-electron chi connectivity index (χ1n) is 3.79. The second-order valence-electron chi connectivity index (χ2n) is 2.53. The van der Waals surface area contributed by atoms with Crippen molar-refractivity contribution in [1.82, 2.24) is 10.4 Å². The van der Waals surface area contributed by atoms with Crippen LogP contribution in [0.3, 0.4) is 0 Å². The quantitative estimate of drug-likeness (QED) is 0.409. The van der Waals surface area contributed by atoms with Crippen molar-refractivity contribution in [2.75, 3.05) is 0 Å². The van der Waals surface area contributed by atoms with E-state index in [1.54, 1.807) is 6.07 Å². The maximum Gasteiger partial charge on any atom is 0.141 e. The Bertz CT molecular complexity index is 302. The fourth-order valence-corrected chi connectivity index (χ4v) is 0.960. The molecule has 0 saturated carbocycles. The number of hydrazine groups is 1. The predicted molar refractivity (Wildman–Crippen MR) is 47.7 cm³/mol. The lowest BCUT2D eigenvalue weighted by Crippen LogP contribution is -2.28. The number of hydrogen-bond donors (Lipinski definition) is 2. The molecule has 0 aliphatic rings. The molecule has 1 atom stereocenters. The van der Waals surface area contributed by atoms with Gasteiger partial charge in [0.15, 0.2) is 0 Å². The zero-order valence-corrected chi connectivity index (χ0v) is 7.00. The van der Waals surface area contributed by atoms with Crippen molar-refractivity contribution in [2.24, 2.45) is 5.84 Å². The molecule has 0 aliphatic carbocycles. The number of nitrogens with zero attached hydrogens (tertiary/aromatic N) is 1. The van der Waals surface area contributed by atoms with Crippen LogP contribution in [0.15, 0.2) is 18.3 Å². The molecular weight excluding hydrogens is 169 g/mol. The third kappa shape index (κ3) is 2.51. The van der Waals surface area contributed by atoms with E-state index in [2.05, 4.69) is 16.3 Å². The minimum absolute atomic E-state index is 0.217. The Labute approximate surface area is 76.1 Å². The molecule has 1 unspecified atom stereocenters. The van der Waals surface area contributed by atoms with Gasteiger partial charge in [-0.2, -0.15) is 0 Å². The zero-order valence-electron chi connectivity index (χ0n) is 7.00. The van der Waals surface area contributed by atoms with E-state index in [0.717, 1.165) is 6.20 Å². The van der Waals surface area contributed by atoms with Gasteiger partial charge in [0, 0.05) is 6.42 Å². The molecule has 0 fully saturated rings. The van der Waals surface area contributed by atoms with E-state index in [0.29, 0.717) is 12.1 Å². The highest BCUT2D eigenvalue weighted by Gasteiger charge is 2.08. The van der Waals surface area contributed by atoms with Gasteiger partial charge in [0.05, 0.1) is 17.9 Å². The third-order valence-corrected chi connectivity index (χ3v) is 1.63. The van der Waals surface area contributed by atoms with Gasteiger partial charge in [0.2, 0.25) is 0 Å². The van der Waals surface area contributed by atoms with Crippen LogP contribution in [-0.4, -0.2) is 4.98 Å². The maximum atomic E-state index is 12.5. The van der Waals surface area contributed by atoms with E-state index < -0.39 is 0 Å². The molecule has 1 heterocycles. The molecule has 4 heteroatoms. The molecule has 3 N–H and O–H groups in total. The van der Waals surface area contributed by atoms with Gasteiger partial charge in [-0.05, 0) is 12.1 Å². The maximum absolute atomic E-state index is 12.5. The summed E-state index contributed by atoms with van der Waals surface area (Å²) in [5.41, 5.74) is 3.15. The standard InChI is InChI=1S/C9H10FN3/c1-2-3-9(13-11)8-5-4-7(10)6-12-8/h1,4-6,9,13H,3,11H2. The Morgan fingerprint density at radius 2 is 2.46 bits per heavy atom. The van der Waals surface area contributed by atoms with Gasteiger partial charge in [-0.25, -0.2) is 4.39 Å². The van der Waals surface area contributed by atoms with E-state index in [1.807, 2.05) is 0 Å². The van der Waals surface area contributed by atoms with Crippen molar-refractivity contribution >= 4 is 0 Å². The van der Waals surface area contributed by atoms with E-state index >= 15 is 0 Å². The number of nitrogens with one attached hydrogen (secondary N) is 1. The smallest absolute Gasteiger partial charge is 0.141 e. The normalized spacial score (nSPS) is 12.1. The second-order valence-corrected chi connectivity index (χ2v) is 2.53. The van der Waals surface area contributed by atoms with Gasteiger partial charge >= 0.3 is 0 Å². The van der Waals surface area contributed by atoms with E-state index in [9.17, 15) is 4.39 Å². The minimum Gasteiger partial charge on any atom is -0.271 e. The summed E-state index contributed by atoms with van der Waals surface area (Å²) in [5, 5.41) is 0. The second kappa shape index (κ2) is 4.55. The summed E-state index contributed by atoms with van der Waals surface area (Å²) in [7, 11) is 0. The Kier molecular flexibility index (Phi) is 3.38. The first kappa shape index (κ1) is 9.65. The molecule has 0 bridgehead atoms. The fourth-order valence-electron chi connectivity index (χ4n) is 0.960. The highest BCUT2D eigenvalue weighted by Crippen LogP contribution is 2.12. The molecule has 1 aromatic rings. The highest BCUT2D eigenvalue weighted by atomic mass is 19.1. The van der Waals surface area contributed by atoms with Crippen molar-refractivity contribution in [3.8, 4) is 12.3 Å². The molecule has 68 valence electrons. The SMILES string of the molecule is C#CCC(NN)c1ccc(F)cn1. The van der Waals surface area contributed by atoms with Gasteiger partial charge in [-0.15, -0.1) is 12.3 Å². The number of nitrogens with two attached hydrogens (primary N) is 1. The summed E-state index contributed by atoms with van der Waals surface area (Å²) in [6.45, 7) is 0. The Morgan fingerprint density at radius 1 is 1.69 bits per heavy atom. The van der Waals surface area contributed by atoms with Gasteiger partial charge < -0.3 is 0 Å². The summed E-state index contributed by atoms with van der Waals surface area (Å²) in [6.07, 6.45) is 6.69. The molecule has 0 saturated heterocycles. The Morgan fingerprint density at radius 3 is 2.92 bits per heavy atom. The molecule has 13 heavy (non-hydrogen) atoms. The van der Waals surface area contributed by atoms with Crippen LogP contribution in [-0.2, 0) is 0 Å². The van der Waals surface area contributed by atoms with E-state index in [-0.39, 0.29) is 11.9 Å². The monoisotopic (exact) mass is 179 g/mol. The van der Waals surface area contributed by atoms with Gasteiger partial charge in [0.25, 0.3) is 0 Å². The molecule has 0 aromatic carbocycles. The van der Waals surface area contributed by atoms with Crippen LogP contribution in [0, 0.1) is 18.2 Å². The minimum atomic E-state index is -0.375. The molecule has 0 amide bonds. The first-order chi connectivity index (χ1) is 6.27. The summed E-state index contributed by atoms with van der Waals surface area (Å²) in [4.78, 5) is 3.86. The summed E-state index contributed by atoms with van der Waals surface area (Å²) < 4.78 is 12.5. The summed E-state index contributed by atoms with van der Waals surface area (Å²) in [5.74, 6) is 7.33. The van der Waals surface area contributed by atoms with Crippen LogP contribution in [0.1, 0.15) is 18.2 Å².